The number of benzene rings is 1. The number of carbonyl (C=O) groups excluding carboxylic acids is 1. The first kappa shape index (κ1) is 16.8. The second-order valence-corrected chi connectivity index (χ2v) is 6.93. The molecule has 3 aromatic rings. The molecule has 3 heterocycles. The number of carbonyl (C=O) groups is 1. The third-order valence-electron chi connectivity index (χ3n) is 5.13. The molecular formula is C20H23N5O. The predicted octanol–water partition coefficient (Wildman–Crippen LogP) is 1.79. The second kappa shape index (κ2) is 6.55. The number of rotatable bonds is 4. The van der Waals surface area contributed by atoms with E-state index in [4.69, 9.17) is 11.5 Å². The van der Waals surface area contributed by atoms with Crippen molar-refractivity contribution in [2.75, 3.05) is 6.54 Å². The smallest absolute Gasteiger partial charge is 0.267 e. The first-order valence-corrected chi connectivity index (χ1v) is 8.87. The summed E-state index contributed by atoms with van der Waals surface area (Å²) < 4.78 is 2.34. The molecule has 0 aliphatic carbocycles. The van der Waals surface area contributed by atoms with Gasteiger partial charge in [-0.3, -0.25) is 9.78 Å². The van der Waals surface area contributed by atoms with Crippen molar-refractivity contribution >= 4 is 16.8 Å². The van der Waals surface area contributed by atoms with Gasteiger partial charge in [0, 0.05) is 54.9 Å². The molecule has 1 amide bonds. The third kappa shape index (κ3) is 2.87. The standard InChI is InChI=1S/C20H23N5O/c1-12-2-5-18-14(8-12)15-10-23-7-6-19(15)25(18)11-16(21)13-3-4-17(20(22)26)24-9-13/h2-5,8-9,16,23H,6-7,10-11,21H2,1H3,(H2,22,26). The van der Waals surface area contributed by atoms with Crippen LogP contribution in [0.25, 0.3) is 10.9 Å². The quantitative estimate of drug-likeness (QED) is 0.669. The molecule has 1 aliphatic rings. The van der Waals surface area contributed by atoms with Crippen LogP contribution in [0, 0.1) is 6.92 Å². The van der Waals surface area contributed by atoms with Crippen molar-refractivity contribution in [3.05, 3.63) is 64.6 Å². The molecule has 5 N–H and O–H groups in total. The summed E-state index contributed by atoms with van der Waals surface area (Å²) in [6.07, 6.45) is 2.64. The molecule has 1 aliphatic heterocycles. The summed E-state index contributed by atoms with van der Waals surface area (Å²) >= 11 is 0. The van der Waals surface area contributed by atoms with Crippen LogP contribution in [0.3, 0.4) is 0 Å². The van der Waals surface area contributed by atoms with Crippen LogP contribution in [-0.4, -0.2) is 22.0 Å². The minimum atomic E-state index is -0.529. The van der Waals surface area contributed by atoms with Crippen molar-refractivity contribution in [3.63, 3.8) is 0 Å². The number of pyridine rings is 1. The van der Waals surface area contributed by atoms with Crippen LogP contribution in [0.4, 0.5) is 0 Å². The van der Waals surface area contributed by atoms with Crippen LogP contribution in [0.2, 0.25) is 0 Å². The summed E-state index contributed by atoms with van der Waals surface area (Å²) in [5.41, 5.74) is 18.1. The van der Waals surface area contributed by atoms with E-state index in [9.17, 15) is 4.79 Å². The van der Waals surface area contributed by atoms with Crippen molar-refractivity contribution in [2.45, 2.75) is 32.5 Å². The molecule has 6 heteroatoms. The Hall–Kier alpha value is -2.70. The molecule has 0 saturated heterocycles. The van der Waals surface area contributed by atoms with Gasteiger partial charge in [0.2, 0.25) is 0 Å². The van der Waals surface area contributed by atoms with E-state index in [0.29, 0.717) is 6.54 Å². The number of aromatic nitrogens is 2. The highest BCUT2D eigenvalue weighted by molar-refractivity contribution is 5.90. The zero-order valence-electron chi connectivity index (χ0n) is 14.8. The Balaban J connectivity index is 1.71. The fourth-order valence-electron chi connectivity index (χ4n) is 3.78. The van der Waals surface area contributed by atoms with Crippen LogP contribution >= 0.6 is 0 Å². The van der Waals surface area contributed by atoms with Crippen LogP contribution in [0.15, 0.2) is 36.5 Å². The topological polar surface area (TPSA) is 99.0 Å². The van der Waals surface area contributed by atoms with Crippen LogP contribution < -0.4 is 16.8 Å². The van der Waals surface area contributed by atoms with E-state index < -0.39 is 5.91 Å². The molecule has 1 unspecified atom stereocenters. The Morgan fingerprint density at radius 2 is 2.19 bits per heavy atom. The zero-order chi connectivity index (χ0) is 18.3. The Morgan fingerprint density at radius 3 is 2.92 bits per heavy atom. The molecule has 0 bridgehead atoms. The molecular weight excluding hydrogens is 326 g/mol. The van der Waals surface area contributed by atoms with Gasteiger partial charge in [0.25, 0.3) is 5.91 Å². The van der Waals surface area contributed by atoms with Gasteiger partial charge in [-0.25, -0.2) is 0 Å². The van der Waals surface area contributed by atoms with Crippen LogP contribution in [-0.2, 0) is 19.5 Å². The van der Waals surface area contributed by atoms with Gasteiger partial charge in [0.05, 0.1) is 0 Å². The zero-order valence-corrected chi connectivity index (χ0v) is 14.8. The minimum Gasteiger partial charge on any atom is -0.364 e. The van der Waals surface area contributed by atoms with E-state index in [1.54, 1.807) is 12.3 Å². The van der Waals surface area contributed by atoms with Crippen molar-refractivity contribution in [1.29, 1.82) is 0 Å². The molecule has 2 aromatic heterocycles. The maximum atomic E-state index is 11.2. The van der Waals surface area contributed by atoms with Crippen molar-refractivity contribution in [1.82, 2.24) is 14.9 Å². The summed E-state index contributed by atoms with van der Waals surface area (Å²) in [6.45, 7) is 4.67. The fourth-order valence-corrected chi connectivity index (χ4v) is 3.78. The molecule has 0 fully saturated rings. The summed E-state index contributed by atoms with van der Waals surface area (Å²) in [7, 11) is 0. The lowest BCUT2D eigenvalue weighted by Gasteiger charge is -2.20. The first-order chi connectivity index (χ1) is 12.5. The number of primary amides is 1. The molecule has 0 radical (unpaired) electrons. The SMILES string of the molecule is Cc1ccc2c(c1)c1c(n2CC(N)c2ccc(C(N)=O)nc2)CCNC1. The van der Waals surface area contributed by atoms with E-state index in [-0.39, 0.29) is 11.7 Å². The van der Waals surface area contributed by atoms with E-state index in [0.717, 1.165) is 25.1 Å². The number of aryl methyl sites for hydroxylation is 1. The molecule has 1 aromatic carbocycles. The number of nitrogens with two attached hydrogens (primary N) is 2. The van der Waals surface area contributed by atoms with E-state index in [1.165, 1.54) is 27.7 Å². The van der Waals surface area contributed by atoms with E-state index >= 15 is 0 Å². The summed E-state index contributed by atoms with van der Waals surface area (Å²) in [5, 5.41) is 4.78. The number of nitrogens with zero attached hydrogens (tertiary/aromatic N) is 2. The molecule has 134 valence electrons. The molecule has 26 heavy (non-hydrogen) atoms. The normalized spacial score (nSPS) is 15.0. The first-order valence-electron chi connectivity index (χ1n) is 8.87. The summed E-state index contributed by atoms with van der Waals surface area (Å²) in [6, 6.07) is 9.85. The number of fused-ring (bicyclic) bond motifs is 3. The maximum Gasteiger partial charge on any atom is 0.267 e. The van der Waals surface area contributed by atoms with Crippen LogP contribution in [0.5, 0.6) is 0 Å². The number of nitrogens with one attached hydrogen (secondary N) is 1. The summed E-state index contributed by atoms with van der Waals surface area (Å²) in [5.74, 6) is -0.529. The van der Waals surface area contributed by atoms with E-state index in [2.05, 4.69) is 40.0 Å². The van der Waals surface area contributed by atoms with Gasteiger partial charge in [-0.2, -0.15) is 0 Å². The van der Waals surface area contributed by atoms with Gasteiger partial charge >= 0.3 is 0 Å². The van der Waals surface area contributed by atoms with Crippen LogP contribution in [0.1, 0.15) is 38.9 Å². The largest absolute Gasteiger partial charge is 0.364 e. The predicted molar refractivity (Wildman–Crippen MR) is 102 cm³/mol. The lowest BCUT2D eigenvalue weighted by atomic mass is 10.0. The number of hydrogen-bond acceptors (Lipinski definition) is 4. The average Bonchev–Trinajstić information content (AvgIpc) is 2.95. The average molecular weight is 349 g/mol. The molecule has 4 rings (SSSR count). The molecule has 6 nitrogen and oxygen atoms in total. The highest BCUT2D eigenvalue weighted by Gasteiger charge is 2.21. The molecule has 0 saturated carbocycles. The van der Waals surface area contributed by atoms with Crippen molar-refractivity contribution < 1.29 is 4.79 Å². The fraction of sp³-hybridized carbons (Fsp3) is 0.300. The Labute approximate surface area is 152 Å². The second-order valence-electron chi connectivity index (χ2n) is 6.93. The van der Waals surface area contributed by atoms with Crippen molar-refractivity contribution in [2.24, 2.45) is 11.5 Å². The van der Waals surface area contributed by atoms with Gasteiger partial charge < -0.3 is 21.4 Å². The third-order valence-corrected chi connectivity index (χ3v) is 5.13. The van der Waals surface area contributed by atoms with Gasteiger partial charge in [-0.15, -0.1) is 0 Å². The highest BCUT2D eigenvalue weighted by atomic mass is 16.1. The van der Waals surface area contributed by atoms with Crippen molar-refractivity contribution in [3.8, 4) is 0 Å². The molecule has 0 spiro atoms. The number of hydrogen-bond donors (Lipinski definition) is 3. The van der Waals surface area contributed by atoms with Gasteiger partial charge in [-0.1, -0.05) is 17.7 Å². The van der Waals surface area contributed by atoms with Gasteiger partial charge in [0.1, 0.15) is 5.69 Å². The van der Waals surface area contributed by atoms with E-state index in [1.807, 2.05) is 6.07 Å². The minimum absolute atomic E-state index is 0.208. The number of amides is 1. The maximum absolute atomic E-state index is 11.2. The monoisotopic (exact) mass is 349 g/mol. The Bertz CT molecular complexity index is 974. The Morgan fingerprint density at radius 1 is 1.35 bits per heavy atom. The molecule has 1 atom stereocenters. The Kier molecular flexibility index (Phi) is 4.22. The van der Waals surface area contributed by atoms with Gasteiger partial charge in [0.15, 0.2) is 0 Å². The lowest BCUT2D eigenvalue weighted by molar-refractivity contribution is 0.0995. The highest BCUT2D eigenvalue weighted by Crippen LogP contribution is 2.30. The van der Waals surface area contributed by atoms with Gasteiger partial charge in [-0.05, 0) is 36.2 Å². The summed E-state index contributed by atoms with van der Waals surface area (Å²) in [4.78, 5) is 15.3. The lowest BCUT2D eigenvalue weighted by Crippen LogP contribution is -2.26.